The van der Waals surface area contributed by atoms with Gasteiger partial charge in [0.25, 0.3) is 5.91 Å². The minimum absolute atomic E-state index is 0.198. The zero-order valence-corrected chi connectivity index (χ0v) is 18.8. The van der Waals surface area contributed by atoms with E-state index in [1.807, 2.05) is 12.1 Å². The minimum atomic E-state index is -0.470. The van der Waals surface area contributed by atoms with Crippen molar-refractivity contribution in [1.29, 1.82) is 0 Å². The van der Waals surface area contributed by atoms with Gasteiger partial charge in [-0.15, -0.1) is 0 Å². The van der Waals surface area contributed by atoms with E-state index in [2.05, 4.69) is 5.10 Å². The Bertz CT molecular complexity index is 1330. The molecule has 0 unspecified atom stereocenters. The number of rotatable bonds is 3. The van der Waals surface area contributed by atoms with E-state index in [1.54, 1.807) is 42.5 Å². The van der Waals surface area contributed by atoms with E-state index in [1.165, 1.54) is 18.3 Å². The quantitative estimate of drug-likeness (QED) is 0.594. The van der Waals surface area contributed by atoms with Gasteiger partial charge in [-0.25, -0.2) is 8.78 Å². The van der Waals surface area contributed by atoms with Crippen LogP contribution >= 0.6 is 0 Å². The fourth-order valence-electron chi connectivity index (χ4n) is 5.54. The van der Waals surface area contributed by atoms with Gasteiger partial charge in [-0.2, -0.15) is 5.10 Å². The van der Waals surface area contributed by atoms with Gasteiger partial charge in [-0.05, 0) is 68.0 Å². The van der Waals surface area contributed by atoms with Gasteiger partial charge in [-0.3, -0.25) is 14.3 Å². The first-order valence-corrected chi connectivity index (χ1v) is 11.2. The van der Waals surface area contributed by atoms with Gasteiger partial charge in [0.15, 0.2) is 0 Å². The molecule has 1 amide bonds. The van der Waals surface area contributed by atoms with Crippen molar-refractivity contribution in [3.63, 3.8) is 0 Å². The van der Waals surface area contributed by atoms with Gasteiger partial charge in [0, 0.05) is 18.0 Å². The molecule has 1 aromatic heterocycles. The molecule has 2 aromatic carbocycles. The van der Waals surface area contributed by atoms with E-state index in [0.717, 1.165) is 18.4 Å². The highest BCUT2D eigenvalue weighted by Crippen LogP contribution is 2.46. The number of benzene rings is 2. The van der Waals surface area contributed by atoms with Gasteiger partial charge in [-0.1, -0.05) is 24.3 Å². The summed E-state index contributed by atoms with van der Waals surface area (Å²) in [7, 11) is 0. The summed E-state index contributed by atoms with van der Waals surface area (Å²) in [4.78, 5) is 27.5. The Labute approximate surface area is 190 Å². The second-order valence-corrected chi connectivity index (χ2v) is 9.07. The summed E-state index contributed by atoms with van der Waals surface area (Å²) in [6, 6.07) is 9.32. The number of hydrogen-bond donors (Lipinski definition) is 0. The third-order valence-corrected chi connectivity index (χ3v) is 7.20. The maximum Gasteiger partial charge on any atom is 0.272 e. The first kappa shape index (κ1) is 21.5. The Morgan fingerprint density at radius 3 is 2.61 bits per heavy atom. The lowest BCUT2D eigenvalue weighted by molar-refractivity contribution is 0.0570. The van der Waals surface area contributed by atoms with Gasteiger partial charge in [0.1, 0.15) is 17.3 Å². The van der Waals surface area contributed by atoms with Gasteiger partial charge < -0.3 is 4.90 Å². The van der Waals surface area contributed by atoms with Crippen LogP contribution in [0.3, 0.4) is 0 Å². The summed E-state index contributed by atoms with van der Waals surface area (Å²) in [5.41, 5.74) is 2.73. The third kappa shape index (κ3) is 3.29. The molecule has 3 atom stereocenters. The van der Waals surface area contributed by atoms with Crippen molar-refractivity contribution >= 4 is 5.91 Å². The summed E-state index contributed by atoms with van der Waals surface area (Å²) < 4.78 is 31.1. The Kier molecular flexibility index (Phi) is 5.15. The van der Waals surface area contributed by atoms with E-state index < -0.39 is 12.0 Å². The van der Waals surface area contributed by atoms with Crippen LogP contribution in [0.2, 0.25) is 0 Å². The molecule has 33 heavy (non-hydrogen) atoms. The van der Waals surface area contributed by atoms with Crippen molar-refractivity contribution in [3.05, 3.63) is 98.0 Å². The van der Waals surface area contributed by atoms with Gasteiger partial charge in [0.2, 0.25) is 5.43 Å². The number of halogens is 2. The van der Waals surface area contributed by atoms with E-state index in [4.69, 9.17) is 0 Å². The maximum atomic E-state index is 15.1. The van der Waals surface area contributed by atoms with Crippen LogP contribution in [0.25, 0.3) is 0 Å². The monoisotopic (exact) mass is 449 g/mol. The average Bonchev–Trinajstić information content (AvgIpc) is 3.28. The second-order valence-electron chi connectivity index (χ2n) is 9.07. The second kappa shape index (κ2) is 7.90. The molecule has 1 fully saturated rings. The summed E-state index contributed by atoms with van der Waals surface area (Å²) in [5.74, 6) is -1.36. The topological polar surface area (TPSA) is 55.2 Å². The molecule has 0 saturated carbocycles. The number of amides is 1. The van der Waals surface area contributed by atoms with E-state index in [-0.39, 0.29) is 34.7 Å². The SMILES string of the molecule is Cc1ccc([C@@H](c2cccc(F)c2)[C@H]2[C@H]3CCCN3C(=O)c3c(C)c(=O)cnn32)c(C)c1F. The summed E-state index contributed by atoms with van der Waals surface area (Å²) in [5, 5.41) is 4.41. The molecule has 5 nitrogen and oxygen atoms in total. The minimum Gasteiger partial charge on any atom is -0.332 e. The van der Waals surface area contributed by atoms with Crippen LogP contribution in [-0.4, -0.2) is 33.2 Å². The number of aryl methyl sites for hydroxylation is 1. The van der Waals surface area contributed by atoms with E-state index >= 15 is 4.39 Å². The van der Waals surface area contributed by atoms with Crippen LogP contribution in [0.4, 0.5) is 8.78 Å². The smallest absolute Gasteiger partial charge is 0.272 e. The zero-order valence-electron chi connectivity index (χ0n) is 18.8. The summed E-state index contributed by atoms with van der Waals surface area (Å²) in [6.07, 6.45) is 2.80. The molecule has 0 radical (unpaired) electrons. The molecular weight excluding hydrogens is 424 g/mol. The van der Waals surface area contributed by atoms with Crippen LogP contribution in [0.15, 0.2) is 47.4 Å². The Balaban J connectivity index is 1.82. The number of carbonyl (C=O) groups is 1. The van der Waals surface area contributed by atoms with Crippen LogP contribution in [-0.2, 0) is 0 Å². The molecule has 170 valence electrons. The fourth-order valence-corrected chi connectivity index (χ4v) is 5.54. The molecule has 3 aromatic rings. The molecule has 5 rings (SSSR count). The number of aromatic nitrogens is 2. The summed E-state index contributed by atoms with van der Waals surface area (Å²) >= 11 is 0. The molecule has 0 N–H and O–H groups in total. The molecule has 7 heteroatoms. The lowest BCUT2D eigenvalue weighted by atomic mass is 9.78. The average molecular weight is 450 g/mol. The number of fused-ring (bicyclic) bond motifs is 2. The highest BCUT2D eigenvalue weighted by Gasteiger charge is 2.47. The summed E-state index contributed by atoms with van der Waals surface area (Å²) in [6.45, 7) is 5.66. The standard InChI is InChI=1S/C26H25F2N3O2/c1-14-9-10-19(15(2)23(14)28)22(17-6-4-7-18(27)12-17)25-20-8-5-11-30(20)26(33)24-16(3)21(32)13-29-31(24)25/h4,6-7,9-10,12-13,20,22,25H,5,8,11H2,1-3H3/t20-,22-,25-/m1/s1. The molecule has 2 aliphatic heterocycles. The lowest BCUT2D eigenvalue weighted by Crippen LogP contribution is -2.51. The van der Waals surface area contributed by atoms with Crippen LogP contribution in [0.1, 0.15) is 63.1 Å². The van der Waals surface area contributed by atoms with Crippen molar-refractivity contribution in [2.45, 2.75) is 51.6 Å². The molecule has 0 spiro atoms. The first-order valence-electron chi connectivity index (χ1n) is 11.2. The molecule has 1 saturated heterocycles. The third-order valence-electron chi connectivity index (χ3n) is 7.20. The first-order chi connectivity index (χ1) is 15.8. The number of hydrogen-bond acceptors (Lipinski definition) is 3. The van der Waals surface area contributed by atoms with Crippen LogP contribution in [0, 0.1) is 32.4 Å². The highest BCUT2D eigenvalue weighted by atomic mass is 19.1. The predicted molar refractivity (Wildman–Crippen MR) is 120 cm³/mol. The molecule has 0 bridgehead atoms. The lowest BCUT2D eigenvalue weighted by Gasteiger charge is -2.43. The van der Waals surface area contributed by atoms with Crippen molar-refractivity contribution < 1.29 is 13.6 Å². The van der Waals surface area contributed by atoms with Crippen molar-refractivity contribution in [2.75, 3.05) is 6.54 Å². The molecule has 3 heterocycles. The Hall–Kier alpha value is -3.35. The number of nitrogens with zero attached hydrogens (tertiary/aromatic N) is 3. The van der Waals surface area contributed by atoms with Crippen molar-refractivity contribution in [2.24, 2.45) is 0 Å². The highest BCUT2D eigenvalue weighted by molar-refractivity contribution is 5.95. The number of carbonyl (C=O) groups excluding carboxylic acids is 1. The Morgan fingerprint density at radius 2 is 1.85 bits per heavy atom. The van der Waals surface area contributed by atoms with Crippen molar-refractivity contribution in [1.82, 2.24) is 14.7 Å². The van der Waals surface area contributed by atoms with Gasteiger partial charge in [0.05, 0.1) is 18.3 Å². The largest absolute Gasteiger partial charge is 0.332 e. The molecule has 0 aliphatic carbocycles. The van der Waals surface area contributed by atoms with E-state index in [9.17, 15) is 14.0 Å². The molecular formula is C26H25F2N3O2. The normalized spacial score (nSPS) is 20.5. The maximum absolute atomic E-state index is 15.1. The fraction of sp³-hybridized carbons (Fsp3) is 0.346. The van der Waals surface area contributed by atoms with Crippen LogP contribution in [0.5, 0.6) is 0 Å². The predicted octanol–water partition coefficient (Wildman–Crippen LogP) is 4.44. The van der Waals surface area contributed by atoms with Gasteiger partial charge >= 0.3 is 0 Å². The Morgan fingerprint density at radius 1 is 1.06 bits per heavy atom. The van der Waals surface area contributed by atoms with E-state index in [0.29, 0.717) is 28.8 Å². The van der Waals surface area contributed by atoms with Crippen LogP contribution < -0.4 is 5.43 Å². The zero-order chi connectivity index (χ0) is 23.4. The molecule has 2 aliphatic rings. The van der Waals surface area contributed by atoms with Crippen molar-refractivity contribution in [3.8, 4) is 0 Å².